The van der Waals surface area contributed by atoms with Gasteiger partial charge in [0.2, 0.25) is 0 Å². The average Bonchev–Trinajstić information content (AvgIpc) is 3.22. The number of nitrogens with zero attached hydrogens (tertiary/aromatic N) is 2. The number of benzene rings is 2. The Bertz CT molecular complexity index is 1060. The summed E-state index contributed by atoms with van der Waals surface area (Å²) in [5.74, 6) is -0.417. The molecule has 1 aliphatic rings. The van der Waals surface area contributed by atoms with E-state index >= 15 is 0 Å². The first kappa shape index (κ1) is 20.3. The van der Waals surface area contributed by atoms with Gasteiger partial charge in [0.25, 0.3) is 11.6 Å². The van der Waals surface area contributed by atoms with Gasteiger partial charge >= 0.3 is 0 Å². The van der Waals surface area contributed by atoms with E-state index in [-0.39, 0.29) is 17.3 Å². The number of nitrogens with one attached hydrogen (secondary N) is 1. The standard InChI is InChI=1S/C23H23N3O3S/c1-16-6-5-9-19(22(16)26(28)29)23(27)24-14-20(17-7-3-2-4-8-17)25-12-10-21-18(15-25)11-13-30-21/h2-9,11,13,20H,10,12,14-15H2,1H3,(H,24,27)/t20-/m1/s1. The lowest BCUT2D eigenvalue weighted by atomic mass is 10.0. The molecule has 2 aromatic carbocycles. The molecule has 0 bridgehead atoms. The molecule has 30 heavy (non-hydrogen) atoms. The van der Waals surface area contributed by atoms with Crippen LogP contribution in [-0.4, -0.2) is 28.8 Å². The molecule has 6 nitrogen and oxygen atoms in total. The number of rotatable bonds is 6. The summed E-state index contributed by atoms with van der Waals surface area (Å²) in [4.78, 5) is 27.6. The maximum atomic E-state index is 12.9. The summed E-state index contributed by atoms with van der Waals surface area (Å²) < 4.78 is 0. The molecule has 1 N–H and O–H groups in total. The first-order chi connectivity index (χ1) is 14.5. The number of nitro groups is 1. The van der Waals surface area contributed by atoms with E-state index in [1.807, 2.05) is 18.2 Å². The smallest absolute Gasteiger partial charge is 0.285 e. The van der Waals surface area contributed by atoms with E-state index in [9.17, 15) is 14.9 Å². The fourth-order valence-electron chi connectivity index (χ4n) is 4.04. The highest BCUT2D eigenvalue weighted by Crippen LogP contribution is 2.30. The van der Waals surface area contributed by atoms with Crippen molar-refractivity contribution >= 4 is 22.9 Å². The summed E-state index contributed by atoms with van der Waals surface area (Å²) in [5, 5.41) is 16.5. The van der Waals surface area contributed by atoms with Gasteiger partial charge in [0.1, 0.15) is 5.56 Å². The predicted molar refractivity (Wildman–Crippen MR) is 118 cm³/mol. The van der Waals surface area contributed by atoms with Crippen molar-refractivity contribution in [1.82, 2.24) is 10.2 Å². The molecule has 1 atom stereocenters. The Kier molecular flexibility index (Phi) is 5.92. The van der Waals surface area contributed by atoms with Gasteiger partial charge in [-0.25, -0.2) is 0 Å². The molecule has 0 radical (unpaired) electrons. The molecule has 1 aliphatic heterocycles. The third-order valence-electron chi connectivity index (χ3n) is 5.58. The highest BCUT2D eigenvalue weighted by Gasteiger charge is 2.27. The molecule has 2 heterocycles. The maximum Gasteiger partial charge on any atom is 0.285 e. The van der Waals surface area contributed by atoms with Gasteiger partial charge in [0.05, 0.1) is 11.0 Å². The highest BCUT2D eigenvalue weighted by atomic mass is 32.1. The maximum absolute atomic E-state index is 12.9. The molecular weight excluding hydrogens is 398 g/mol. The van der Waals surface area contributed by atoms with Crippen molar-refractivity contribution in [3.8, 4) is 0 Å². The SMILES string of the molecule is Cc1cccc(C(=O)NC[C@H](c2ccccc2)N2CCc3sccc3C2)c1[N+](=O)[O-]. The lowest BCUT2D eigenvalue weighted by Gasteiger charge is -2.35. The molecule has 3 aromatic rings. The summed E-state index contributed by atoms with van der Waals surface area (Å²) in [6.07, 6.45) is 0.994. The van der Waals surface area contributed by atoms with Crippen LogP contribution in [0.1, 0.15) is 38.0 Å². The largest absolute Gasteiger partial charge is 0.350 e. The minimum absolute atomic E-state index is 0.00735. The number of carbonyl (C=O) groups is 1. The number of nitro benzene ring substituents is 1. The quantitative estimate of drug-likeness (QED) is 0.470. The van der Waals surface area contributed by atoms with Crippen LogP contribution in [0.5, 0.6) is 0 Å². The second-order valence-corrected chi connectivity index (χ2v) is 8.45. The molecule has 0 fully saturated rings. The Morgan fingerprint density at radius 2 is 2.00 bits per heavy atom. The van der Waals surface area contributed by atoms with Crippen LogP contribution in [0.4, 0.5) is 5.69 Å². The van der Waals surface area contributed by atoms with Crippen molar-refractivity contribution < 1.29 is 9.72 Å². The fraction of sp³-hybridized carbons (Fsp3) is 0.261. The van der Waals surface area contributed by atoms with Crippen molar-refractivity contribution in [3.63, 3.8) is 0 Å². The number of hydrogen-bond donors (Lipinski definition) is 1. The van der Waals surface area contributed by atoms with Gasteiger partial charge in [0.15, 0.2) is 0 Å². The number of thiophene rings is 1. The number of hydrogen-bond acceptors (Lipinski definition) is 5. The van der Waals surface area contributed by atoms with E-state index in [1.54, 1.807) is 30.4 Å². The Balaban J connectivity index is 1.56. The second kappa shape index (κ2) is 8.77. The zero-order valence-corrected chi connectivity index (χ0v) is 17.5. The number of carbonyl (C=O) groups excluding carboxylic acids is 1. The fourth-order valence-corrected chi connectivity index (χ4v) is 4.93. The lowest BCUT2D eigenvalue weighted by Crippen LogP contribution is -2.40. The highest BCUT2D eigenvalue weighted by molar-refractivity contribution is 7.10. The predicted octanol–water partition coefficient (Wildman–Crippen LogP) is 4.49. The van der Waals surface area contributed by atoms with Crippen LogP contribution in [0.15, 0.2) is 60.0 Å². The minimum atomic E-state index is -0.484. The number of para-hydroxylation sites is 1. The first-order valence-corrected chi connectivity index (χ1v) is 10.8. The average molecular weight is 422 g/mol. The van der Waals surface area contributed by atoms with Crippen molar-refractivity contribution in [2.45, 2.75) is 25.9 Å². The van der Waals surface area contributed by atoms with E-state index in [0.717, 1.165) is 25.1 Å². The summed E-state index contributed by atoms with van der Waals surface area (Å²) in [5.41, 5.74) is 2.91. The molecule has 0 spiro atoms. The zero-order chi connectivity index (χ0) is 21.1. The lowest BCUT2D eigenvalue weighted by molar-refractivity contribution is -0.385. The van der Waals surface area contributed by atoms with Gasteiger partial charge in [-0.1, -0.05) is 42.5 Å². The third kappa shape index (κ3) is 4.13. The van der Waals surface area contributed by atoms with Crippen LogP contribution in [0.3, 0.4) is 0 Å². The second-order valence-electron chi connectivity index (χ2n) is 7.45. The van der Waals surface area contributed by atoms with Gasteiger partial charge in [0, 0.05) is 30.1 Å². The van der Waals surface area contributed by atoms with Crippen molar-refractivity contribution in [2.24, 2.45) is 0 Å². The molecule has 0 saturated heterocycles. The third-order valence-corrected chi connectivity index (χ3v) is 6.61. The summed E-state index contributed by atoms with van der Waals surface area (Å²) in [7, 11) is 0. The van der Waals surface area contributed by atoms with Crippen molar-refractivity contribution in [1.29, 1.82) is 0 Å². The van der Waals surface area contributed by atoms with E-state index in [2.05, 4.69) is 33.8 Å². The van der Waals surface area contributed by atoms with Gasteiger partial charge in [-0.15, -0.1) is 11.3 Å². The minimum Gasteiger partial charge on any atom is -0.350 e. The Morgan fingerprint density at radius 1 is 1.20 bits per heavy atom. The summed E-state index contributed by atoms with van der Waals surface area (Å²) in [6.45, 7) is 3.77. The molecule has 7 heteroatoms. The normalized spacial score (nSPS) is 14.7. The Hall–Kier alpha value is -3.03. The van der Waals surface area contributed by atoms with E-state index < -0.39 is 10.8 Å². The molecule has 0 unspecified atom stereocenters. The molecular formula is C23H23N3O3S. The van der Waals surface area contributed by atoms with Crippen LogP contribution in [0, 0.1) is 17.0 Å². The monoisotopic (exact) mass is 421 g/mol. The van der Waals surface area contributed by atoms with Crippen LogP contribution in [-0.2, 0) is 13.0 Å². The van der Waals surface area contributed by atoms with Crippen LogP contribution < -0.4 is 5.32 Å². The Morgan fingerprint density at radius 3 is 2.77 bits per heavy atom. The number of aryl methyl sites for hydroxylation is 1. The van der Waals surface area contributed by atoms with E-state index in [4.69, 9.17) is 0 Å². The molecule has 0 saturated carbocycles. The number of fused-ring (bicyclic) bond motifs is 1. The van der Waals surface area contributed by atoms with Crippen molar-refractivity contribution in [3.05, 3.63) is 97.2 Å². The molecule has 0 aliphatic carbocycles. The Labute approximate surface area is 179 Å². The number of amides is 1. The van der Waals surface area contributed by atoms with Gasteiger partial charge in [-0.2, -0.15) is 0 Å². The van der Waals surface area contributed by atoms with Gasteiger partial charge in [-0.3, -0.25) is 19.8 Å². The summed E-state index contributed by atoms with van der Waals surface area (Å²) in [6, 6.07) is 17.1. The zero-order valence-electron chi connectivity index (χ0n) is 16.7. The first-order valence-electron chi connectivity index (χ1n) is 9.91. The molecule has 4 rings (SSSR count). The topological polar surface area (TPSA) is 75.5 Å². The van der Waals surface area contributed by atoms with Crippen LogP contribution in [0.2, 0.25) is 0 Å². The molecule has 1 amide bonds. The molecule has 1 aromatic heterocycles. The summed E-state index contributed by atoms with van der Waals surface area (Å²) >= 11 is 1.80. The van der Waals surface area contributed by atoms with Gasteiger partial charge in [-0.05, 0) is 42.0 Å². The van der Waals surface area contributed by atoms with E-state index in [1.165, 1.54) is 16.5 Å². The van der Waals surface area contributed by atoms with E-state index in [0.29, 0.717) is 12.1 Å². The van der Waals surface area contributed by atoms with Crippen LogP contribution >= 0.6 is 11.3 Å². The van der Waals surface area contributed by atoms with Crippen molar-refractivity contribution in [2.75, 3.05) is 13.1 Å². The van der Waals surface area contributed by atoms with Gasteiger partial charge < -0.3 is 5.32 Å². The van der Waals surface area contributed by atoms with Crippen LogP contribution in [0.25, 0.3) is 0 Å². The molecule has 154 valence electrons.